The van der Waals surface area contributed by atoms with Gasteiger partial charge in [0.05, 0.1) is 32.9 Å². The quantitative estimate of drug-likeness (QED) is 0.211. The third-order valence-corrected chi connectivity index (χ3v) is 8.61. The summed E-state index contributed by atoms with van der Waals surface area (Å²) in [5.41, 5.74) is 14.8. The number of benzene rings is 5. The van der Waals surface area contributed by atoms with Gasteiger partial charge in [0, 0.05) is 16.8 Å². The van der Waals surface area contributed by atoms with Crippen molar-refractivity contribution in [3.8, 4) is 5.69 Å². The van der Waals surface area contributed by atoms with Crippen LogP contribution in [0.5, 0.6) is 0 Å². The molecule has 0 atom stereocenters. The fourth-order valence-electron chi connectivity index (χ4n) is 6.36. The highest BCUT2D eigenvalue weighted by Crippen LogP contribution is 2.45. The minimum Gasteiger partial charge on any atom is -0.308 e. The zero-order valence-electron chi connectivity index (χ0n) is 24.0. The van der Waals surface area contributed by atoms with Crippen molar-refractivity contribution < 1.29 is 0 Å². The molecular weight excluding hydrogens is 522 g/mol. The number of hydrogen-bond donors (Lipinski definition) is 0. The van der Waals surface area contributed by atoms with Crippen LogP contribution in [0.1, 0.15) is 27.8 Å². The molecule has 0 fully saturated rings. The Morgan fingerprint density at radius 1 is 0.537 bits per heavy atom. The molecule has 4 heteroatoms. The Balaban J connectivity index is 1.58. The molecule has 0 radical (unpaired) electrons. The molecule has 2 heterocycles. The van der Waals surface area contributed by atoms with Gasteiger partial charge in [-0.05, 0) is 111 Å². The lowest BCUT2D eigenvalue weighted by molar-refractivity contribution is 1.13. The highest BCUT2D eigenvalue weighted by molar-refractivity contribution is 6.35. The molecule has 0 aliphatic heterocycles. The first-order valence-corrected chi connectivity index (χ1v) is 14.4. The Kier molecular flexibility index (Phi) is 5.95. The number of para-hydroxylation sites is 4. The normalized spacial score (nSPS) is 11.7. The number of halogens is 1. The third-order valence-electron chi connectivity index (χ3n) is 8.22. The Bertz CT molecular complexity index is 2080. The van der Waals surface area contributed by atoms with E-state index in [-0.39, 0.29) is 0 Å². The molecule has 0 aliphatic carbocycles. The summed E-state index contributed by atoms with van der Waals surface area (Å²) < 4.78 is 4.71. The lowest BCUT2D eigenvalue weighted by atomic mass is 10.1. The van der Waals surface area contributed by atoms with Gasteiger partial charge in [0.2, 0.25) is 0 Å². The van der Waals surface area contributed by atoms with Crippen molar-refractivity contribution in [2.75, 3.05) is 4.90 Å². The minimum atomic E-state index is 0.712. The number of aryl methyl sites for hydroxylation is 5. The SMILES string of the molecule is Cc1cc(N(c2ccccc2C)c2ccccc2C)c(Cl)c(-n2c3ccccc3n3c4cc(C)cc(C)c4cc23)c1. The van der Waals surface area contributed by atoms with Crippen molar-refractivity contribution in [1.29, 1.82) is 0 Å². The van der Waals surface area contributed by atoms with E-state index in [1.807, 2.05) is 0 Å². The van der Waals surface area contributed by atoms with Gasteiger partial charge in [-0.1, -0.05) is 66.2 Å². The topological polar surface area (TPSA) is 12.6 Å². The van der Waals surface area contributed by atoms with E-state index >= 15 is 0 Å². The van der Waals surface area contributed by atoms with E-state index in [1.54, 1.807) is 0 Å². The summed E-state index contributed by atoms with van der Waals surface area (Å²) in [6.07, 6.45) is 0. The molecule has 7 aromatic rings. The molecule has 0 amide bonds. The number of rotatable bonds is 4. The maximum absolute atomic E-state index is 7.56. The van der Waals surface area contributed by atoms with Crippen molar-refractivity contribution in [3.05, 3.63) is 136 Å². The van der Waals surface area contributed by atoms with Crippen molar-refractivity contribution in [3.63, 3.8) is 0 Å². The first-order chi connectivity index (χ1) is 19.8. The summed E-state index contributed by atoms with van der Waals surface area (Å²) in [7, 11) is 0. The molecular formula is C37H32ClN3. The summed E-state index contributed by atoms with van der Waals surface area (Å²) in [5.74, 6) is 0. The third kappa shape index (κ3) is 3.95. The molecule has 0 aliphatic rings. The zero-order valence-corrected chi connectivity index (χ0v) is 24.8. The average Bonchev–Trinajstić information content (AvgIpc) is 3.48. The number of nitrogens with zero attached hydrogens (tertiary/aromatic N) is 3. The number of fused-ring (bicyclic) bond motifs is 5. The van der Waals surface area contributed by atoms with Crippen LogP contribution in [0.4, 0.5) is 17.1 Å². The molecule has 7 rings (SSSR count). The highest BCUT2D eigenvalue weighted by atomic mass is 35.5. The Morgan fingerprint density at radius 2 is 1.12 bits per heavy atom. The molecule has 0 bridgehead atoms. The lowest BCUT2D eigenvalue weighted by Crippen LogP contribution is -2.14. The molecule has 202 valence electrons. The van der Waals surface area contributed by atoms with Crippen LogP contribution in [0.15, 0.2) is 103 Å². The molecule has 41 heavy (non-hydrogen) atoms. The van der Waals surface area contributed by atoms with Crippen LogP contribution in [0.2, 0.25) is 5.02 Å². The van der Waals surface area contributed by atoms with Gasteiger partial charge in [-0.3, -0.25) is 8.97 Å². The summed E-state index contributed by atoms with van der Waals surface area (Å²) in [6, 6.07) is 36.9. The smallest absolute Gasteiger partial charge is 0.123 e. The Morgan fingerprint density at radius 3 is 1.78 bits per heavy atom. The van der Waals surface area contributed by atoms with E-state index in [9.17, 15) is 0 Å². The summed E-state index contributed by atoms with van der Waals surface area (Å²) in [5, 5.41) is 1.97. The monoisotopic (exact) mass is 553 g/mol. The minimum absolute atomic E-state index is 0.712. The lowest BCUT2D eigenvalue weighted by Gasteiger charge is -2.30. The van der Waals surface area contributed by atoms with E-state index in [1.165, 1.54) is 33.2 Å². The Labute approximate surface area is 245 Å². The van der Waals surface area contributed by atoms with Gasteiger partial charge in [-0.2, -0.15) is 0 Å². The molecule has 2 aromatic heterocycles. The highest BCUT2D eigenvalue weighted by Gasteiger charge is 2.24. The van der Waals surface area contributed by atoms with Gasteiger partial charge in [0.1, 0.15) is 5.65 Å². The maximum Gasteiger partial charge on any atom is 0.123 e. The summed E-state index contributed by atoms with van der Waals surface area (Å²) in [6.45, 7) is 10.8. The molecule has 0 unspecified atom stereocenters. The van der Waals surface area contributed by atoms with Crippen LogP contribution in [0.3, 0.4) is 0 Å². The second-order valence-corrected chi connectivity index (χ2v) is 11.6. The van der Waals surface area contributed by atoms with Crippen LogP contribution < -0.4 is 4.90 Å². The molecule has 0 saturated heterocycles. The standard InChI is InChI=1S/C37H32ClN3/c1-23-18-27(5)28-22-36-40(33(28)19-23)31-16-10-11-17-32(31)41(36)35-21-24(2)20-34(37(35)38)39(29-14-8-6-12-25(29)3)30-15-9-7-13-26(30)4/h6-22H,1-5H3. The second kappa shape index (κ2) is 9.57. The largest absolute Gasteiger partial charge is 0.308 e. The molecule has 0 saturated carbocycles. The van der Waals surface area contributed by atoms with E-state index in [4.69, 9.17) is 11.6 Å². The van der Waals surface area contributed by atoms with Crippen molar-refractivity contribution in [2.24, 2.45) is 0 Å². The van der Waals surface area contributed by atoms with Gasteiger partial charge in [0.25, 0.3) is 0 Å². The number of anilines is 3. The van der Waals surface area contributed by atoms with E-state index in [0.717, 1.165) is 45.0 Å². The van der Waals surface area contributed by atoms with Crippen molar-refractivity contribution in [1.82, 2.24) is 8.97 Å². The van der Waals surface area contributed by atoms with Gasteiger partial charge in [0.15, 0.2) is 0 Å². The van der Waals surface area contributed by atoms with Crippen molar-refractivity contribution in [2.45, 2.75) is 34.6 Å². The number of hydrogen-bond acceptors (Lipinski definition) is 1. The maximum atomic E-state index is 7.56. The van der Waals surface area contributed by atoms with Crippen LogP contribution in [0, 0.1) is 34.6 Å². The summed E-state index contributed by atoms with van der Waals surface area (Å²) >= 11 is 7.56. The molecule has 0 N–H and O–H groups in total. The molecule has 3 nitrogen and oxygen atoms in total. The van der Waals surface area contributed by atoms with Crippen LogP contribution in [-0.4, -0.2) is 8.97 Å². The first-order valence-electron chi connectivity index (χ1n) is 14.1. The van der Waals surface area contributed by atoms with Crippen LogP contribution in [-0.2, 0) is 0 Å². The van der Waals surface area contributed by atoms with E-state index < -0.39 is 0 Å². The Hall–Kier alpha value is -4.47. The van der Waals surface area contributed by atoms with Gasteiger partial charge >= 0.3 is 0 Å². The fraction of sp³-hybridized carbons (Fsp3) is 0.135. The van der Waals surface area contributed by atoms with Gasteiger partial charge < -0.3 is 4.90 Å². The van der Waals surface area contributed by atoms with Crippen LogP contribution in [0.25, 0.3) is 33.3 Å². The van der Waals surface area contributed by atoms with Crippen LogP contribution >= 0.6 is 11.6 Å². The predicted octanol–water partition coefficient (Wildman–Crippen LogP) is 10.7. The molecule has 5 aromatic carbocycles. The average molecular weight is 554 g/mol. The first kappa shape index (κ1) is 25.5. The number of imidazole rings is 1. The fourth-order valence-corrected chi connectivity index (χ4v) is 6.64. The van der Waals surface area contributed by atoms with E-state index in [2.05, 4.69) is 152 Å². The predicted molar refractivity (Wildman–Crippen MR) is 175 cm³/mol. The van der Waals surface area contributed by atoms with Crippen molar-refractivity contribution >= 4 is 56.2 Å². The summed E-state index contributed by atoms with van der Waals surface area (Å²) in [4.78, 5) is 2.31. The molecule has 0 spiro atoms. The number of aromatic nitrogens is 2. The van der Waals surface area contributed by atoms with Gasteiger partial charge in [-0.15, -0.1) is 0 Å². The zero-order chi connectivity index (χ0) is 28.4. The van der Waals surface area contributed by atoms with E-state index in [0.29, 0.717) is 5.02 Å². The van der Waals surface area contributed by atoms with Gasteiger partial charge in [-0.25, -0.2) is 0 Å². The second-order valence-electron chi connectivity index (χ2n) is 11.2.